The van der Waals surface area contributed by atoms with Gasteiger partial charge in [0.1, 0.15) is 23.3 Å². The van der Waals surface area contributed by atoms with Crippen LogP contribution in [-0.4, -0.2) is 15.8 Å². The van der Waals surface area contributed by atoms with Gasteiger partial charge >= 0.3 is 0 Å². The van der Waals surface area contributed by atoms with Crippen molar-refractivity contribution < 1.29 is 0 Å². The molecule has 2 aromatic carbocycles. The van der Waals surface area contributed by atoms with Crippen molar-refractivity contribution in [1.29, 1.82) is 5.26 Å². The fourth-order valence-electron chi connectivity index (χ4n) is 2.41. The van der Waals surface area contributed by atoms with Crippen LogP contribution >= 0.6 is 0 Å². The largest absolute Gasteiger partial charge is 0.384 e. The fraction of sp³-hybridized carbons (Fsp3) is 0.0556. The Morgan fingerprint density at radius 2 is 1.92 bits per heavy atom. The summed E-state index contributed by atoms with van der Waals surface area (Å²) in [5.74, 6) is 1.01. The van der Waals surface area contributed by atoms with Crippen LogP contribution in [0.15, 0.2) is 65.3 Å². The molecule has 1 heterocycles. The summed E-state index contributed by atoms with van der Waals surface area (Å²) >= 11 is 0. The van der Waals surface area contributed by atoms with Crippen molar-refractivity contribution in [3.8, 4) is 6.07 Å². The fourth-order valence-corrected chi connectivity index (χ4v) is 2.41. The van der Waals surface area contributed by atoms with Gasteiger partial charge in [-0.2, -0.15) is 10.4 Å². The van der Waals surface area contributed by atoms with E-state index >= 15 is 0 Å². The normalized spacial score (nSPS) is 12.2. The van der Waals surface area contributed by atoms with E-state index in [1.54, 1.807) is 4.57 Å². The highest BCUT2D eigenvalue weighted by atomic mass is 15.3. The molecule has 0 fully saturated rings. The van der Waals surface area contributed by atoms with Crippen molar-refractivity contribution in [3.63, 3.8) is 0 Å². The molecule has 3 N–H and O–H groups in total. The van der Waals surface area contributed by atoms with Gasteiger partial charge in [-0.05, 0) is 31.2 Å². The first kappa shape index (κ1) is 15.3. The number of allylic oxidation sites excluding steroid dienone is 1. The Morgan fingerprint density at radius 1 is 1.21 bits per heavy atom. The molecule has 6 heteroatoms. The lowest BCUT2D eigenvalue weighted by Crippen LogP contribution is -2.12. The third-order valence-corrected chi connectivity index (χ3v) is 3.53. The number of rotatable bonds is 4. The van der Waals surface area contributed by atoms with Gasteiger partial charge < -0.3 is 5.73 Å². The number of nitrogens with two attached hydrogens (primary N) is 1. The zero-order valence-corrected chi connectivity index (χ0v) is 13.1. The minimum atomic E-state index is 0.254. The van der Waals surface area contributed by atoms with Gasteiger partial charge in [-0.25, -0.2) is 4.98 Å². The van der Waals surface area contributed by atoms with Gasteiger partial charge in [-0.1, -0.05) is 30.3 Å². The van der Waals surface area contributed by atoms with Gasteiger partial charge in [-0.15, -0.1) is 0 Å². The first-order valence-corrected chi connectivity index (χ1v) is 7.39. The molecular formula is C18H16N6. The van der Waals surface area contributed by atoms with Crippen LogP contribution < -0.4 is 11.2 Å². The molecule has 0 unspecified atom stereocenters. The topological polar surface area (TPSA) is 92.0 Å². The van der Waals surface area contributed by atoms with E-state index in [4.69, 9.17) is 5.73 Å². The first-order chi connectivity index (χ1) is 11.7. The molecular weight excluding hydrogens is 300 g/mol. The molecule has 6 nitrogen and oxygen atoms in total. The van der Waals surface area contributed by atoms with Crippen LogP contribution in [0, 0.1) is 18.3 Å². The molecule has 0 bridgehead atoms. The molecule has 24 heavy (non-hydrogen) atoms. The standard InChI is InChI=1S/C18H16N6/c1-13-22-16-9-5-6-10-17(16)24(13)18(20)14(11-19)12-21-23-15-7-3-2-4-8-15/h2-10,12,23H,20H2,1H3/b18-14-,21-12+. The molecule has 118 valence electrons. The number of nitriles is 1. The van der Waals surface area contributed by atoms with Crippen LogP contribution in [0.25, 0.3) is 16.9 Å². The Hall–Kier alpha value is -3.59. The van der Waals surface area contributed by atoms with Crippen LogP contribution in [0.4, 0.5) is 5.69 Å². The van der Waals surface area contributed by atoms with Gasteiger partial charge in [-0.3, -0.25) is 9.99 Å². The lowest BCUT2D eigenvalue weighted by Gasteiger charge is -2.07. The minimum Gasteiger partial charge on any atom is -0.384 e. The van der Waals surface area contributed by atoms with Crippen molar-refractivity contribution in [2.75, 3.05) is 5.43 Å². The predicted molar refractivity (Wildman–Crippen MR) is 96.0 cm³/mol. The SMILES string of the molecule is Cc1nc2ccccc2n1/C(N)=C(C#N)\C=N\Nc1ccccc1. The van der Waals surface area contributed by atoms with E-state index in [-0.39, 0.29) is 5.57 Å². The highest BCUT2D eigenvalue weighted by molar-refractivity contribution is 5.93. The summed E-state index contributed by atoms with van der Waals surface area (Å²) in [5.41, 5.74) is 11.8. The zero-order valence-electron chi connectivity index (χ0n) is 13.1. The molecule has 0 atom stereocenters. The maximum absolute atomic E-state index is 9.41. The van der Waals surface area contributed by atoms with Crippen LogP contribution in [0.2, 0.25) is 0 Å². The first-order valence-electron chi connectivity index (χ1n) is 7.39. The van der Waals surface area contributed by atoms with E-state index < -0.39 is 0 Å². The number of aryl methyl sites for hydroxylation is 1. The number of aromatic nitrogens is 2. The number of nitrogens with one attached hydrogen (secondary N) is 1. The summed E-state index contributed by atoms with van der Waals surface area (Å²) in [6.45, 7) is 1.85. The molecule has 0 aliphatic carbocycles. The van der Waals surface area contributed by atoms with E-state index in [0.717, 1.165) is 16.7 Å². The van der Waals surface area contributed by atoms with Crippen LogP contribution in [-0.2, 0) is 0 Å². The summed E-state index contributed by atoms with van der Waals surface area (Å²) in [6, 6.07) is 19.2. The highest BCUT2D eigenvalue weighted by Gasteiger charge is 2.11. The van der Waals surface area contributed by atoms with E-state index in [1.165, 1.54) is 6.21 Å². The van der Waals surface area contributed by atoms with Crippen molar-refractivity contribution >= 4 is 28.8 Å². The van der Waals surface area contributed by atoms with E-state index in [9.17, 15) is 5.26 Å². The Kier molecular flexibility index (Phi) is 4.25. The second kappa shape index (κ2) is 6.67. The molecule has 3 rings (SSSR count). The van der Waals surface area contributed by atoms with Gasteiger partial charge in [0.2, 0.25) is 0 Å². The molecule has 1 aromatic heterocycles. The second-order valence-electron chi connectivity index (χ2n) is 5.13. The Morgan fingerprint density at radius 3 is 2.67 bits per heavy atom. The minimum absolute atomic E-state index is 0.254. The third-order valence-electron chi connectivity index (χ3n) is 3.53. The number of anilines is 1. The maximum Gasteiger partial charge on any atom is 0.129 e. The molecule has 0 amide bonds. The molecule has 0 aliphatic rings. The Bertz CT molecular complexity index is 960. The van der Waals surface area contributed by atoms with Crippen molar-refractivity contribution in [2.24, 2.45) is 10.8 Å². The Balaban J connectivity index is 1.95. The zero-order chi connectivity index (χ0) is 16.9. The number of fused-ring (bicyclic) bond motifs is 1. The van der Waals surface area contributed by atoms with E-state index in [1.807, 2.05) is 61.5 Å². The predicted octanol–water partition coefficient (Wildman–Crippen LogP) is 3.09. The highest BCUT2D eigenvalue weighted by Crippen LogP contribution is 2.19. The quantitative estimate of drug-likeness (QED) is 0.439. The average Bonchev–Trinajstić information content (AvgIpc) is 2.95. The smallest absolute Gasteiger partial charge is 0.129 e. The molecule has 0 radical (unpaired) electrons. The Labute approximate surface area is 139 Å². The number of hydrogen-bond donors (Lipinski definition) is 2. The van der Waals surface area contributed by atoms with Gasteiger partial charge in [0.05, 0.1) is 22.9 Å². The van der Waals surface area contributed by atoms with Gasteiger partial charge in [0.25, 0.3) is 0 Å². The number of imidazole rings is 1. The van der Waals surface area contributed by atoms with Crippen LogP contribution in [0.1, 0.15) is 5.82 Å². The van der Waals surface area contributed by atoms with Crippen LogP contribution in [0.3, 0.4) is 0 Å². The lowest BCUT2D eigenvalue weighted by atomic mass is 10.3. The van der Waals surface area contributed by atoms with Crippen molar-refractivity contribution in [3.05, 3.63) is 66.0 Å². The lowest BCUT2D eigenvalue weighted by molar-refractivity contribution is 1.00. The summed E-state index contributed by atoms with van der Waals surface area (Å²) in [7, 11) is 0. The third kappa shape index (κ3) is 2.96. The maximum atomic E-state index is 9.41. The van der Waals surface area contributed by atoms with Crippen LogP contribution in [0.5, 0.6) is 0 Å². The second-order valence-corrected chi connectivity index (χ2v) is 5.13. The van der Waals surface area contributed by atoms with Gasteiger partial charge in [0.15, 0.2) is 0 Å². The molecule has 3 aromatic rings. The summed E-state index contributed by atoms with van der Waals surface area (Å²) < 4.78 is 1.75. The number of para-hydroxylation sites is 3. The summed E-state index contributed by atoms with van der Waals surface area (Å²) in [4.78, 5) is 4.46. The molecule has 0 saturated heterocycles. The number of benzene rings is 2. The van der Waals surface area contributed by atoms with Crippen molar-refractivity contribution in [2.45, 2.75) is 6.92 Å². The molecule has 0 saturated carbocycles. The number of hydrogen-bond acceptors (Lipinski definition) is 5. The molecule has 0 aliphatic heterocycles. The number of nitrogens with zero attached hydrogens (tertiary/aromatic N) is 4. The summed E-state index contributed by atoms with van der Waals surface area (Å²) in [5, 5.41) is 13.5. The van der Waals surface area contributed by atoms with E-state index in [2.05, 4.69) is 21.6 Å². The number of hydrazone groups is 1. The monoisotopic (exact) mass is 316 g/mol. The summed E-state index contributed by atoms with van der Waals surface area (Å²) in [6.07, 6.45) is 1.41. The average molecular weight is 316 g/mol. The van der Waals surface area contributed by atoms with Gasteiger partial charge in [0, 0.05) is 0 Å². The van der Waals surface area contributed by atoms with Crippen molar-refractivity contribution in [1.82, 2.24) is 9.55 Å². The molecule has 0 spiro atoms. The van der Waals surface area contributed by atoms with E-state index in [0.29, 0.717) is 11.6 Å².